The summed E-state index contributed by atoms with van der Waals surface area (Å²) in [6.07, 6.45) is 7.76. The highest BCUT2D eigenvalue weighted by Gasteiger charge is 2.24. The van der Waals surface area contributed by atoms with E-state index in [0.717, 1.165) is 29.3 Å². The third-order valence-corrected chi connectivity index (χ3v) is 5.63. The van der Waals surface area contributed by atoms with Crippen molar-refractivity contribution in [2.45, 2.75) is 19.9 Å². The molecule has 3 aromatic rings. The van der Waals surface area contributed by atoms with Crippen molar-refractivity contribution in [1.82, 2.24) is 19.4 Å². The third-order valence-electron chi connectivity index (χ3n) is 4.55. The fraction of sp³-hybridized carbons (Fsp3) is 0.389. The van der Waals surface area contributed by atoms with Crippen LogP contribution in [0.5, 0.6) is 0 Å². The first-order valence-corrected chi connectivity index (χ1v) is 9.36. The Morgan fingerprint density at radius 3 is 2.48 bits per heavy atom. The Labute approximate surface area is 150 Å². The van der Waals surface area contributed by atoms with E-state index in [1.54, 1.807) is 23.7 Å². The number of hydrogen-bond donors (Lipinski definition) is 0. The summed E-state index contributed by atoms with van der Waals surface area (Å²) in [6.45, 7) is 7.24. The van der Waals surface area contributed by atoms with E-state index in [0.29, 0.717) is 19.1 Å². The average molecular weight is 355 g/mol. The highest BCUT2D eigenvalue weighted by molar-refractivity contribution is 7.20. The number of aromatic nitrogens is 3. The number of hydrogen-bond acceptors (Lipinski definition) is 5. The molecule has 0 N–H and O–H groups in total. The minimum Gasteiger partial charge on any atom is -0.350 e. The summed E-state index contributed by atoms with van der Waals surface area (Å²) in [5, 5.41) is 1.15. The average Bonchev–Trinajstić information content (AvgIpc) is 3.21. The zero-order valence-corrected chi connectivity index (χ0v) is 15.2. The predicted octanol–water partition coefficient (Wildman–Crippen LogP) is 3.04. The molecule has 130 valence electrons. The fourth-order valence-electron chi connectivity index (χ4n) is 3.08. The number of anilines is 1. The summed E-state index contributed by atoms with van der Waals surface area (Å²) >= 11 is 1.58. The van der Waals surface area contributed by atoms with Gasteiger partial charge in [-0.2, -0.15) is 0 Å². The molecule has 0 unspecified atom stereocenters. The fourth-order valence-corrected chi connectivity index (χ4v) is 4.12. The number of carbonyl (C=O) groups excluding carboxylic acids is 1. The summed E-state index contributed by atoms with van der Waals surface area (Å²) in [7, 11) is 0. The molecule has 0 aliphatic carbocycles. The normalized spacial score (nSPS) is 15.3. The second-order valence-corrected chi connectivity index (χ2v) is 7.64. The summed E-state index contributed by atoms with van der Waals surface area (Å²) in [4.78, 5) is 26.3. The number of piperazine rings is 1. The number of carbonyl (C=O) groups is 1. The van der Waals surface area contributed by atoms with E-state index in [-0.39, 0.29) is 5.91 Å². The Bertz CT molecular complexity index is 846. The van der Waals surface area contributed by atoms with Gasteiger partial charge in [-0.3, -0.25) is 4.79 Å². The van der Waals surface area contributed by atoms with Crippen molar-refractivity contribution in [3.63, 3.8) is 0 Å². The molecule has 4 rings (SSSR count). The summed E-state index contributed by atoms with van der Waals surface area (Å²) < 4.78 is 3.36. The van der Waals surface area contributed by atoms with Crippen LogP contribution in [0.1, 0.15) is 29.6 Å². The van der Waals surface area contributed by atoms with Gasteiger partial charge in [-0.05, 0) is 26.0 Å². The molecule has 0 radical (unpaired) electrons. The Morgan fingerprint density at radius 1 is 1.12 bits per heavy atom. The molecule has 0 spiro atoms. The van der Waals surface area contributed by atoms with E-state index in [1.165, 1.54) is 4.70 Å². The zero-order valence-electron chi connectivity index (χ0n) is 14.4. The molecule has 0 bridgehead atoms. The molecule has 4 heterocycles. The van der Waals surface area contributed by atoms with Gasteiger partial charge in [-0.25, -0.2) is 9.97 Å². The van der Waals surface area contributed by atoms with Crippen LogP contribution in [0.4, 0.5) is 5.95 Å². The van der Waals surface area contributed by atoms with Crippen LogP contribution < -0.4 is 4.90 Å². The SMILES string of the molecule is CC(C)n1cc2cc(C(=O)N3CCN(c4ncccn4)CC3)sc2c1. The Hall–Kier alpha value is -2.41. The molecular formula is C18H21N5OS. The van der Waals surface area contributed by atoms with Gasteiger partial charge in [0.2, 0.25) is 5.95 Å². The zero-order chi connectivity index (χ0) is 17.4. The molecule has 7 heteroatoms. The van der Waals surface area contributed by atoms with E-state index in [9.17, 15) is 4.79 Å². The molecule has 1 saturated heterocycles. The van der Waals surface area contributed by atoms with Gasteiger partial charge in [0, 0.05) is 62.4 Å². The van der Waals surface area contributed by atoms with Crippen molar-refractivity contribution in [2.75, 3.05) is 31.1 Å². The molecule has 1 aliphatic heterocycles. The van der Waals surface area contributed by atoms with E-state index in [1.807, 2.05) is 17.0 Å². The Balaban J connectivity index is 1.44. The highest BCUT2D eigenvalue weighted by atomic mass is 32.1. The van der Waals surface area contributed by atoms with E-state index >= 15 is 0 Å². The van der Waals surface area contributed by atoms with Crippen molar-refractivity contribution >= 4 is 33.3 Å². The van der Waals surface area contributed by atoms with E-state index < -0.39 is 0 Å². The third kappa shape index (κ3) is 3.11. The molecule has 0 atom stereocenters. The molecule has 25 heavy (non-hydrogen) atoms. The maximum atomic E-state index is 12.8. The first-order chi connectivity index (χ1) is 12.1. The number of amides is 1. The van der Waals surface area contributed by atoms with Crippen LogP contribution in [-0.4, -0.2) is 51.5 Å². The molecule has 1 amide bonds. The van der Waals surface area contributed by atoms with Crippen molar-refractivity contribution in [3.05, 3.63) is 41.8 Å². The molecule has 3 aromatic heterocycles. The molecule has 1 aliphatic rings. The van der Waals surface area contributed by atoms with Gasteiger partial charge in [0.05, 0.1) is 9.58 Å². The van der Waals surface area contributed by atoms with E-state index in [4.69, 9.17) is 0 Å². The van der Waals surface area contributed by atoms with Gasteiger partial charge in [-0.1, -0.05) is 0 Å². The quantitative estimate of drug-likeness (QED) is 0.725. The lowest BCUT2D eigenvalue weighted by molar-refractivity contribution is 0.0751. The van der Waals surface area contributed by atoms with Gasteiger partial charge in [0.25, 0.3) is 5.91 Å². The van der Waals surface area contributed by atoms with Gasteiger partial charge in [0.1, 0.15) is 0 Å². The minimum absolute atomic E-state index is 0.130. The van der Waals surface area contributed by atoms with Crippen LogP contribution in [0.25, 0.3) is 10.1 Å². The second-order valence-electron chi connectivity index (χ2n) is 6.56. The second kappa shape index (κ2) is 6.48. The Kier molecular flexibility index (Phi) is 4.17. The summed E-state index contributed by atoms with van der Waals surface area (Å²) in [6, 6.07) is 4.27. The van der Waals surface area contributed by atoms with Gasteiger partial charge in [-0.15, -0.1) is 11.3 Å². The predicted molar refractivity (Wildman–Crippen MR) is 100 cm³/mol. The minimum atomic E-state index is 0.130. The molecule has 0 saturated carbocycles. The van der Waals surface area contributed by atoms with Crippen molar-refractivity contribution in [1.29, 1.82) is 0 Å². The summed E-state index contributed by atoms with van der Waals surface area (Å²) in [5.41, 5.74) is 0. The van der Waals surface area contributed by atoms with Crippen molar-refractivity contribution in [3.8, 4) is 0 Å². The smallest absolute Gasteiger partial charge is 0.264 e. The number of nitrogens with zero attached hydrogens (tertiary/aromatic N) is 5. The van der Waals surface area contributed by atoms with Crippen molar-refractivity contribution in [2.24, 2.45) is 0 Å². The van der Waals surface area contributed by atoms with Crippen LogP contribution in [0.15, 0.2) is 36.9 Å². The number of fused-ring (bicyclic) bond motifs is 1. The lowest BCUT2D eigenvalue weighted by Gasteiger charge is -2.34. The molecule has 6 nitrogen and oxygen atoms in total. The number of rotatable bonds is 3. The van der Waals surface area contributed by atoms with Gasteiger partial charge in [0.15, 0.2) is 0 Å². The lowest BCUT2D eigenvalue weighted by Crippen LogP contribution is -2.49. The molecular weight excluding hydrogens is 334 g/mol. The van der Waals surface area contributed by atoms with Gasteiger partial charge >= 0.3 is 0 Å². The largest absolute Gasteiger partial charge is 0.350 e. The van der Waals surface area contributed by atoms with Gasteiger partial charge < -0.3 is 14.4 Å². The standard InChI is InChI=1S/C18H21N5OS/c1-13(2)23-11-14-10-15(25-16(14)12-23)17(24)21-6-8-22(9-7-21)18-19-4-3-5-20-18/h3-5,10-13H,6-9H2,1-2H3. The van der Waals surface area contributed by atoms with Crippen LogP contribution in [0.3, 0.4) is 0 Å². The van der Waals surface area contributed by atoms with Crippen LogP contribution in [-0.2, 0) is 0 Å². The first-order valence-electron chi connectivity index (χ1n) is 8.54. The maximum Gasteiger partial charge on any atom is 0.264 e. The Morgan fingerprint density at radius 2 is 1.84 bits per heavy atom. The van der Waals surface area contributed by atoms with Crippen LogP contribution >= 0.6 is 11.3 Å². The molecule has 1 fully saturated rings. The summed E-state index contributed by atoms with van der Waals surface area (Å²) in [5.74, 6) is 0.869. The monoisotopic (exact) mass is 355 g/mol. The molecule has 0 aromatic carbocycles. The first kappa shape index (κ1) is 16.1. The highest BCUT2D eigenvalue weighted by Crippen LogP contribution is 2.29. The van der Waals surface area contributed by atoms with E-state index in [2.05, 4.69) is 45.7 Å². The lowest BCUT2D eigenvalue weighted by atomic mass is 10.3. The number of thiophene rings is 1. The van der Waals surface area contributed by atoms with Crippen LogP contribution in [0.2, 0.25) is 0 Å². The topological polar surface area (TPSA) is 54.3 Å². The maximum absolute atomic E-state index is 12.8. The van der Waals surface area contributed by atoms with Crippen LogP contribution in [0, 0.1) is 0 Å². The van der Waals surface area contributed by atoms with Crippen molar-refractivity contribution < 1.29 is 4.79 Å².